The Morgan fingerprint density at radius 3 is 2.88 bits per heavy atom. The molecule has 1 heterocycles. The first-order valence-corrected chi connectivity index (χ1v) is 8.80. The van der Waals surface area contributed by atoms with Crippen molar-refractivity contribution in [2.24, 2.45) is 10.8 Å². The number of primary amides is 1. The predicted molar refractivity (Wildman–Crippen MR) is 103 cm³/mol. The molecule has 0 fully saturated rings. The minimum absolute atomic E-state index is 0.202. The minimum Gasteiger partial charge on any atom is -0.490 e. The Hall–Kier alpha value is -3.13. The molecule has 3 aromatic rings. The molecule has 7 nitrogen and oxygen atoms in total. The summed E-state index contributed by atoms with van der Waals surface area (Å²) in [6.07, 6.45) is 1.66. The van der Waals surface area contributed by atoms with E-state index in [4.69, 9.17) is 15.2 Å². The van der Waals surface area contributed by atoms with Crippen LogP contribution in [0, 0.1) is 0 Å². The quantitative estimate of drug-likeness (QED) is 0.469. The van der Waals surface area contributed by atoms with E-state index in [0.717, 1.165) is 15.8 Å². The number of ether oxygens (including phenoxy) is 2. The van der Waals surface area contributed by atoms with Crippen LogP contribution < -0.4 is 20.6 Å². The number of aromatic nitrogens is 1. The molecule has 0 aliphatic heterocycles. The van der Waals surface area contributed by atoms with Crippen molar-refractivity contribution in [1.29, 1.82) is 0 Å². The highest BCUT2D eigenvalue weighted by Crippen LogP contribution is 2.28. The summed E-state index contributed by atoms with van der Waals surface area (Å²) in [6.45, 7) is 2.14. The van der Waals surface area contributed by atoms with E-state index in [-0.39, 0.29) is 6.61 Å². The standard InChI is InChI=1S/C18H18N4O3S/c1-2-24-15-9-12(7-8-14(15)25-11-17(19)23)10-20-22-18-21-13-5-3-4-6-16(13)26-18/h3-10H,2,11H2,1H3,(H2,19,23)(H,21,22)/b20-10+. The summed E-state index contributed by atoms with van der Waals surface area (Å²) in [5.41, 5.74) is 9.78. The highest BCUT2D eigenvalue weighted by atomic mass is 32.1. The molecule has 8 heteroatoms. The Morgan fingerprint density at radius 1 is 1.27 bits per heavy atom. The van der Waals surface area contributed by atoms with E-state index in [1.807, 2.05) is 37.3 Å². The Labute approximate surface area is 154 Å². The Morgan fingerprint density at radius 2 is 2.12 bits per heavy atom. The van der Waals surface area contributed by atoms with Gasteiger partial charge in [0.25, 0.3) is 5.91 Å². The molecule has 3 rings (SSSR count). The number of nitrogens with two attached hydrogens (primary N) is 1. The molecule has 0 aliphatic rings. The summed E-state index contributed by atoms with van der Waals surface area (Å²) in [7, 11) is 0. The number of thiazole rings is 1. The van der Waals surface area contributed by atoms with Gasteiger partial charge in [0.2, 0.25) is 5.13 Å². The van der Waals surface area contributed by atoms with Crippen molar-refractivity contribution < 1.29 is 14.3 Å². The van der Waals surface area contributed by atoms with Crippen LogP contribution in [0.5, 0.6) is 11.5 Å². The number of anilines is 1. The van der Waals surface area contributed by atoms with Crippen LogP contribution in [0.2, 0.25) is 0 Å². The van der Waals surface area contributed by atoms with Gasteiger partial charge in [-0.1, -0.05) is 23.5 Å². The first-order chi connectivity index (χ1) is 12.7. The molecule has 0 saturated heterocycles. The summed E-state index contributed by atoms with van der Waals surface area (Å²) in [6, 6.07) is 13.2. The van der Waals surface area contributed by atoms with Gasteiger partial charge in [-0.15, -0.1) is 0 Å². The number of benzene rings is 2. The number of carbonyl (C=O) groups excluding carboxylic acids is 1. The number of nitrogens with one attached hydrogen (secondary N) is 1. The summed E-state index contributed by atoms with van der Waals surface area (Å²) in [4.78, 5) is 15.3. The zero-order chi connectivity index (χ0) is 18.4. The highest BCUT2D eigenvalue weighted by Gasteiger charge is 2.07. The number of hydrogen-bond donors (Lipinski definition) is 2. The van der Waals surface area contributed by atoms with Crippen molar-refractivity contribution in [2.45, 2.75) is 6.92 Å². The third kappa shape index (κ3) is 4.48. The molecular weight excluding hydrogens is 352 g/mol. The number of rotatable bonds is 8. The van der Waals surface area contributed by atoms with Crippen LogP contribution in [0.4, 0.5) is 5.13 Å². The lowest BCUT2D eigenvalue weighted by Crippen LogP contribution is -2.20. The molecule has 0 bridgehead atoms. The van der Waals surface area contributed by atoms with E-state index in [2.05, 4.69) is 15.5 Å². The number of hydrogen-bond acceptors (Lipinski definition) is 7. The number of carbonyl (C=O) groups is 1. The van der Waals surface area contributed by atoms with Crippen molar-refractivity contribution in [2.75, 3.05) is 18.6 Å². The molecule has 0 saturated carbocycles. The third-order valence-electron chi connectivity index (χ3n) is 3.31. The van der Waals surface area contributed by atoms with E-state index in [0.29, 0.717) is 23.2 Å². The van der Waals surface area contributed by atoms with Crippen LogP contribution >= 0.6 is 11.3 Å². The Balaban J connectivity index is 1.70. The lowest BCUT2D eigenvalue weighted by Gasteiger charge is -2.11. The first kappa shape index (κ1) is 17.7. The molecule has 134 valence electrons. The maximum Gasteiger partial charge on any atom is 0.255 e. The summed E-state index contributed by atoms with van der Waals surface area (Å²) < 4.78 is 12.0. The zero-order valence-corrected chi connectivity index (χ0v) is 15.0. The molecule has 0 atom stereocenters. The average Bonchev–Trinajstić information content (AvgIpc) is 3.04. The first-order valence-electron chi connectivity index (χ1n) is 7.98. The molecule has 0 aliphatic carbocycles. The predicted octanol–water partition coefficient (Wildman–Crippen LogP) is 3.01. The van der Waals surface area contributed by atoms with Crippen molar-refractivity contribution in [3.63, 3.8) is 0 Å². The van der Waals surface area contributed by atoms with Gasteiger partial charge in [0.1, 0.15) is 0 Å². The topological polar surface area (TPSA) is 98.8 Å². The smallest absolute Gasteiger partial charge is 0.255 e. The Kier molecular flexibility index (Phi) is 5.65. The van der Waals surface area contributed by atoms with Crippen LogP contribution in [0.25, 0.3) is 10.2 Å². The molecule has 0 radical (unpaired) electrons. The fourth-order valence-corrected chi connectivity index (χ4v) is 3.04. The van der Waals surface area contributed by atoms with Gasteiger partial charge in [0, 0.05) is 0 Å². The monoisotopic (exact) mass is 370 g/mol. The van der Waals surface area contributed by atoms with Gasteiger partial charge in [-0.25, -0.2) is 4.98 Å². The van der Waals surface area contributed by atoms with Crippen LogP contribution in [0.15, 0.2) is 47.6 Å². The zero-order valence-electron chi connectivity index (χ0n) is 14.1. The van der Waals surface area contributed by atoms with E-state index in [1.54, 1.807) is 18.3 Å². The fraction of sp³-hybridized carbons (Fsp3) is 0.167. The van der Waals surface area contributed by atoms with Crippen molar-refractivity contribution in [3.05, 3.63) is 48.0 Å². The van der Waals surface area contributed by atoms with E-state index in [1.165, 1.54) is 11.3 Å². The minimum atomic E-state index is -0.543. The van der Waals surface area contributed by atoms with Crippen molar-refractivity contribution >= 4 is 38.8 Å². The largest absolute Gasteiger partial charge is 0.490 e. The molecule has 1 amide bonds. The second kappa shape index (κ2) is 8.30. The van der Waals surface area contributed by atoms with Gasteiger partial charge in [-0.05, 0) is 42.8 Å². The lowest BCUT2D eigenvalue weighted by molar-refractivity contribution is -0.119. The van der Waals surface area contributed by atoms with Gasteiger partial charge < -0.3 is 15.2 Å². The van der Waals surface area contributed by atoms with Crippen LogP contribution in [-0.2, 0) is 4.79 Å². The van der Waals surface area contributed by atoms with Gasteiger partial charge in [0.05, 0.1) is 23.0 Å². The molecule has 3 N–H and O–H groups in total. The number of para-hydroxylation sites is 1. The Bertz CT molecular complexity index is 906. The number of nitrogens with zero attached hydrogens (tertiary/aromatic N) is 2. The third-order valence-corrected chi connectivity index (χ3v) is 4.25. The van der Waals surface area contributed by atoms with Gasteiger partial charge in [-0.2, -0.15) is 5.10 Å². The van der Waals surface area contributed by atoms with Crippen LogP contribution in [0.1, 0.15) is 12.5 Å². The SMILES string of the molecule is CCOc1cc(/C=N/Nc2nc3ccccc3s2)ccc1OCC(N)=O. The molecular formula is C18H18N4O3S. The fourth-order valence-electron chi connectivity index (χ4n) is 2.22. The van der Waals surface area contributed by atoms with E-state index < -0.39 is 5.91 Å². The van der Waals surface area contributed by atoms with Crippen molar-refractivity contribution in [1.82, 2.24) is 4.98 Å². The maximum absolute atomic E-state index is 10.9. The van der Waals surface area contributed by atoms with Crippen LogP contribution in [-0.4, -0.2) is 30.3 Å². The lowest BCUT2D eigenvalue weighted by atomic mass is 10.2. The normalized spacial score (nSPS) is 11.0. The second-order valence-corrected chi connectivity index (χ2v) is 6.28. The summed E-state index contributed by atoms with van der Waals surface area (Å²) in [5.74, 6) is 0.442. The van der Waals surface area contributed by atoms with Crippen molar-refractivity contribution in [3.8, 4) is 11.5 Å². The average molecular weight is 370 g/mol. The molecule has 2 aromatic carbocycles. The van der Waals surface area contributed by atoms with E-state index in [9.17, 15) is 4.79 Å². The molecule has 26 heavy (non-hydrogen) atoms. The molecule has 0 spiro atoms. The van der Waals surface area contributed by atoms with E-state index >= 15 is 0 Å². The van der Waals surface area contributed by atoms with Gasteiger partial charge in [-0.3, -0.25) is 10.2 Å². The summed E-state index contributed by atoms with van der Waals surface area (Å²) >= 11 is 1.53. The molecule has 0 unspecified atom stereocenters. The maximum atomic E-state index is 10.9. The van der Waals surface area contributed by atoms with Gasteiger partial charge in [0.15, 0.2) is 18.1 Å². The highest BCUT2D eigenvalue weighted by molar-refractivity contribution is 7.22. The van der Waals surface area contributed by atoms with Gasteiger partial charge >= 0.3 is 0 Å². The van der Waals surface area contributed by atoms with Crippen LogP contribution in [0.3, 0.4) is 0 Å². The molecule has 1 aromatic heterocycles. The number of hydrazone groups is 1. The summed E-state index contributed by atoms with van der Waals surface area (Å²) in [5, 5.41) is 4.93. The second-order valence-electron chi connectivity index (χ2n) is 5.25. The number of amides is 1. The number of fused-ring (bicyclic) bond motifs is 1.